The predicted molar refractivity (Wildman–Crippen MR) is 113 cm³/mol. The van der Waals surface area contributed by atoms with Crippen LogP contribution in [0.2, 0.25) is 0 Å². The molecule has 0 radical (unpaired) electrons. The van der Waals surface area contributed by atoms with E-state index in [9.17, 15) is 9.59 Å². The van der Waals surface area contributed by atoms with Crippen LogP contribution < -0.4 is 15.8 Å². The molecular formula is C19H20BrN5O2S. The van der Waals surface area contributed by atoms with E-state index < -0.39 is 11.5 Å². The van der Waals surface area contributed by atoms with Crippen LogP contribution in [0.3, 0.4) is 0 Å². The minimum absolute atomic E-state index is 0.00610. The lowest BCUT2D eigenvalue weighted by Crippen LogP contribution is -2.34. The Hall–Kier alpha value is -2.26. The van der Waals surface area contributed by atoms with Crippen LogP contribution in [-0.4, -0.2) is 33.6 Å². The summed E-state index contributed by atoms with van der Waals surface area (Å²) in [5, 5.41) is 8.00. The highest BCUT2D eigenvalue weighted by atomic mass is 79.9. The number of amides is 1. The summed E-state index contributed by atoms with van der Waals surface area (Å²) in [6, 6.07) is 7.61. The lowest BCUT2D eigenvalue weighted by atomic mass is 10.0. The molecule has 9 heteroatoms. The molecule has 2 aromatic heterocycles. The Labute approximate surface area is 174 Å². The first-order valence-corrected chi connectivity index (χ1v) is 10.8. The van der Waals surface area contributed by atoms with E-state index in [2.05, 4.69) is 43.2 Å². The van der Waals surface area contributed by atoms with Gasteiger partial charge in [-0.1, -0.05) is 52.4 Å². The lowest BCUT2D eigenvalue weighted by Gasteiger charge is -2.30. The molecule has 4 rings (SSSR count). The molecular weight excluding hydrogens is 442 g/mol. The second kappa shape index (κ2) is 8.00. The number of hydrogen-bond acceptors (Lipinski definition) is 6. The van der Waals surface area contributed by atoms with Crippen molar-refractivity contribution in [3.05, 3.63) is 56.4 Å². The summed E-state index contributed by atoms with van der Waals surface area (Å²) in [5.41, 5.74) is 0.482. The van der Waals surface area contributed by atoms with Crippen molar-refractivity contribution in [2.24, 2.45) is 5.92 Å². The molecule has 1 amide bonds. The van der Waals surface area contributed by atoms with Crippen LogP contribution in [0.25, 0.3) is 4.96 Å². The molecule has 1 atom stereocenters. The van der Waals surface area contributed by atoms with E-state index in [1.165, 1.54) is 28.5 Å². The van der Waals surface area contributed by atoms with Crippen molar-refractivity contribution in [1.82, 2.24) is 19.9 Å². The Bertz CT molecular complexity index is 1080. The third kappa shape index (κ3) is 3.81. The molecule has 146 valence electrons. The minimum Gasteiger partial charge on any atom is -0.348 e. The topological polar surface area (TPSA) is 79.6 Å². The first kappa shape index (κ1) is 19.1. The van der Waals surface area contributed by atoms with E-state index in [1.807, 2.05) is 24.3 Å². The van der Waals surface area contributed by atoms with Crippen LogP contribution in [0.1, 0.15) is 35.7 Å². The number of halogens is 1. The smallest absolute Gasteiger partial charge is 0.288 e. The molecule has 1 aromatic carbocycles. The van der Waals surface area contributed by atoms with Gasteiger partial charge in [-0.2, -0.15) is 4.52 Å². The number of rotatable bonds is 4. The van der Waals surface area contributed by atoms with E-state index in [0.29, 0.717) is 17.4 Å². The van der Waals surface area contributed by atoms with Gasteiger partial charge in [-0.05, 0) is 30.4 Å². The predicted octanol–water partition coefficient (Wildman–Crippen LogP) is 3.08. The number of carbonyl (C=O) groups excluding carboxylic acids is 1. The molecule has 0 unspecified atom stereocenters. The van der Waals surface area contributed by atoms with Gasteiger partial charge in [-0.3, -0.25) is 9.59 Å². The number of nitrogens with zero attached hydrogens (tertiary/aromatic N) is 4. The highest BCUT2D eigenvalue weighted by Crippen LogP contribution is 2.26. The first-order valence-electron chi connectivity index (χ1n) is 9.18. The number of nitrogens with one attached hydrogen (secondary N) is 1. The Morgan fingerprint density at radius 2 is 2.21 bits per heavy atom. The summed E-state index contributed by atoms with van der Waals surface area (Å²) in [6.07, 6.45) is 3.66. The third-order valence-corrected chi connectivity index (χ3v) is 6.60. The number of fused-ring (bicyclic) bond motifs is 1. The monoisotopic (exact) mass is 461 g/mol. The molecule has 0 bridgehead atoms. The Morgan fingerprint density at radius 1 is 1.39 bits per heavy atom. The fourth-order valence-electron chi connectivity index (χ4n) is 3.34. The molecule has 7 nitrogen and oxygen atoms in total. The molecule has 0 aliphatic carbocycles. The summed E-state index contributed by atoms with van der Waals surface area (Å²) in [7, 11) is 0. The van der Waals surface area contributed by atoms with Crippen LogP contribution in [0, 0.1) is 5.92 Å². The molecule has 1 aliphatic rings. The van der Waals surface area contributed by atoms with Crippen molar-refractivity contribution < 1.29 is 4.79 Å². The largest absolute Gasteiger partial charge is 0.348 e. The number of anilines is 1. The maximum absolute atomic E-state index is 12.8. The standard InChI is InChI=1S/C19H20BrN5O2S/c1-12-5-4-8-24(11-12)19-23-25-17(27)14(10-22-18(25)28-19)16(26)21-9-13-6-2-3-7-15(13)20/h2-3,6-7,10,12H,4-5,8-9,11H2,1H3,(H,21,26)/t12-/m0/s1. The highest BCUT2D eigenvalue weighted by Gasteiger charge is 2.22. The van der Waals surface area contributed by atoms with Gasteiger partial charge in [-0.25, -0.2) is 4.98 Å². The van der Waals surface area contributed by atoms with Gasteiger partial charge in [0.25, 0.3) is 11.5 Å². The fraction of sp³-hybridized carbons (Fsp3) is 0.368. The molecule has 0 saturated carbocycles. The molecule has 1 saturated heterocycles. The number of hydrogen-bond donors (Lipinski definition) is 1. The lowest BCUT2D eigenvalue weighted by molar-refractivity contribution is 0.0948. The van der Waals surface area contributed by atoms with E-state index >= 15 is 0 Å². The van der Waals surface area contributed by atoms with Crippen molar-refractivity contribution in [3.8, 4) is 0 Å². The van der Waals surface area contributed by atoms with Crippen molar-refractivity contribution >= 4 is 43.3 Å². The van der Waals surface area contributed by atoms with E-state index in [4.69, 9.17) is 0 Å². The second-order valence-corrected chi connectivity index (χ2v) is 8.81. The Balaban J connectivity index is 1.56. The third-order valence-electron chi connectivity index (χ3n) is 4.85. The average Bonchev–Trinajstić information content (AvgIpc) is 3.13. The van der Waals surface area contributed by atoms with Crippen LogP contribution >= 0.6 is 27.3 Å². The number of aromatic nitrogens is 3. The normalized spacial score (nSPS) is 17.1. The molecule has 1 aliphatic heterocycles. The molecule has 28 heavy (non-hydrogen) atoms. The highest BCUT2D eigenvalue weighted by molar-refractivity contribution is 9.10. The first-order chi connectivity index (χ1) is 13.5. The van der Waals surface area contributed by atoms with E-state index in [1.54, 1.807) is 0 Å². The van der Waals surface area contributed by atoms with Gasteiger partial charge >= 0.3 is 0 Å². The maximum Gasteiger partial charge on any atom is 0.288 e. The molecule has 1 N–H and O–H groups in total. The zero-order valence-electron chi connectivity index (χ0n) is 15.4. The zero-order chi connectivity index (χ0) is 19.7. The van der Waals surface area contributed by atoms with Gasteiger partial charge in [0.05, 0.1) is 0 Å². The van der Waals surface area contributed by atoms with Gasteiger partial charge in [0, 0.05) is 30.3 Å². The van der Waals surface area contributed by atoms with Gasteiger partial charge in [0.1, 0.15) is 5.56 Å². The van der Waals surface area contributed by atoms with Gasteiger partial charge < -0.3 is 10.2 Å². The van der Waals surface area contributed by atoms with Gasteiger partial charge in [-0.15, -0.1) is 5.10 Å². The Kier molecular flexibility index (Phi) is 5.45. The molecule has 1 fully saturated rings. The van der Waals surface area contributed by atoms with Crippen molar-refractivity contribution in [2.45, 2.75) is 26.3 Å². The van der Waals surface area contributed by atoms with Gasteiger partial charge in [0.2, 0.25) is 10.1 Å². The van der Waals surface area contributed by atoms with Crippen molar-refractivity contribution in [1.29, 1.82) is 0 Å². The van der Waals surface area contributed by atoms with Crippen LogP contribution in [0.4, 0.5) is 5.13 Å². The summed E-state index contributed by atoms with van der Waals surface area (Å²) in [5.74, 6) is 0.146. The summed E-state index contributed by atoms with van der Waals surface area (Å²) >= 11 is 4.83. The van der Waals surface area contributed by atoms with Crippen molar-refractivity contribution in [2.75, 3.05) is 18.0 Å². The van der Waals surface area contributed by atoms with Crippen LogP contribution in [0.15, 0.2) is 39.7 Å². The SMILES string of the molecule is C[C@H]1CCCN(c2nn3c(=O)c(C(=O)NCc4ccccc4Br)cnc3s2)C1. The zero-order valence-corrected chi connectivity index (χ0v) is 17.8. The molecule has 3 heterocycles. The number of benzene rings is 1. The van der Waals surface area contributed by atoms with Gasteiger partial charge in [0.15, 0.2) is 0 Å². The summed E-state index contributed by atoms with van der Waals surface area (Å²) in [6.45, 7) is 4.39. The summed E-state index contributed by atoms with van der Waals surface area (Å²) < 4.78 is 2.15. The second-order valence-electron chi connectivity index (χ2n) is 7.02. The maximum atomic E-state index is 12.8. The Morgan fingerprint density at radius 3 is 3.00 bits per heavy atom. The quantitative estimate of drug-likeness (QED) is 0.645. The fourth-order valence-corrected chi connectivity index (χ4v) is 4.66. The number of carbonyl (C=O) groups is 1. The summed E-state index contributed by atoms with van der Waals surface area (Å²) in [4.78, 5) is 32.3. The molecule has 3 aromatic rings. The minimum atomic E-state index is -0.455. The van der Waals surface area contributed by atoms with E-state index in [-0.39, 0.29) is 5.56 Å². The number of piperidine rings is 1. The molecule has 0 spiro atoms. The van der Waals surface area contributed by atoms with E-state index in [0.717, 1.165) is 34.7 Å². The van der Waals surface area contributed by atoms with Crippen LogP contribution in [0.5, 0.6) is 0 Å². The average molecular weight is 462 g/mol. The van der Waals surface area contributed by atoms with Crippen LogP contribution in [-0.2, 0) is 6.54 Å². The van der Waals surface area contributed by atoms with Crippen molar-refractivity contribution in [3.63, 3.8) is 0 Å².